The number of anilines is 2. The Labute approximate surface area is 183 Å². The van der Waals surface area contributed by atoms with Crippen LogP contribution in [-0.4, -0.2) is 44.8 Å². The molecule has 2 saturated heterocycles. The van der Waals surface area contributed by atoms with Gasteiger partial charge in [-0.15, -0.1) is 0 Å². The van der Waals surface area contributed by atoms with E-state index >= 15 is 0 Å². The van der Waals surface area contributed by atoms with E-state index in [0.29, 0.717) is 18.8 Å². The maximum absolute atomic E-state index is 14.6. The summed E-state index contributed by atoms with van der Waals surface area (Å²) in [6.45, 7) is 2.62. The summed E-state index contributed by atoms with van der Waals surface area (Å²) in [5.41, 5.74) is 0.973. The Bertz CT molecular complexity index is 1040. The Morgan fingerprint density at radius 3 is 2.23 bits per heavy atom. The maximum atomic E-state index is 14.6. The maximum Gasteiger partial charge on any atom is 0.255 e. The first-order chi connectivity index (χ1) is 15.0. The number of benzene rings is 2. The van der Waals surface area contributed by atoms with E-state index in [1.165, 1.54) is 22.5 Å². The number of hydrogen-bond donors (Lipinski definition) is 1. The molecule has 8 heteroatoms. The van der Waals surface area contributed by atoms with E-state index in [1.54, 1.807) is 24.3 Å². The molecule has 2 aromatic carbocycles. The van der Waals surface area contributed by atoms with Gasteiger partial charge in [-0.2, -0.15) is 4.31 Å². The van der Waals surface area contributed by atoms with Crippen molar-refractivity contribution in [1.29, 1.82) is 0 Å². The number of rotatable bonds is 5. The SMILES string of the molecule is O=C(Nc1c(F)cccc1N1CCCC1)c1cccc(S(=O)(=O)N2CCCCCC2)c1. The van der Waals surface area contributed by atoms with Gasteiger partial charge in [0.15, 0.2) is 0 Å². The van der Waals surface area contributed by atoms with E-state index in [2.05, 4.69) is 10.2 Å². The van der Waals surface area contributed by atoms with Crippen molar-refractivity contribution in [3.8, 4) is 0 Å². The quantitative estimate of drug-likeness (QED) is 0.747. The molecule has 0 aromatic heterocycles. The van der Waals surface area contributed by atoms with Crippen LogP contribution in [0.2, 0.25) is 0 Å². The topological polar surface area (TPSA) is 69.7 Å². The molecule has 2 fully saturated rings. The second-order valence-corrected chi connectivity index (χ2v) is 10.1. The molecule has 2 aliphatic rings. The molecule has 166 valence electrons. The molecule has 0 saturated carbocycles. The third kappa shape index (κ3) is 4.75. The van der Waals surface area contributed by atoms with Crippen LogP contribution in [0.3, 0.4) is 0 Å². The average molecular weight is 446 g/mol. The number of para-hydroxylation sites is 1. The van der Waals surface area contributed by atoms with Crippen LogP contribution in [0, 0.1) is 5.82 Å². The van der Waals surface area contributed by atoms with Crippen LogP contribution >= 0.6 is 0 Å². The monoisotopic (exact) mass is 445 g/mol. The third-order valence-corrected chi connectivity index (χ3v) is 7.87. The zero-order chi connectivity index (χ0) is 21.8. The normalized spacial score (nSPS) is 18.0. The van der Waals surface area contributed by atoms with Gasteiger partial charge in [0.1, 0.15) is 11.5 Å². The lowest BCUT2D eigenvalue weighted by Gasteiger charge is -2.22. The van der Waals surface area contributed by atoms with Crippen LogP contribution in [-0.2, 0) is 10.0 Å². The molecule has 0 atom stereocenters. The molecule has 1 amide bonds. The summed E-state index contributed by atoms with van der Waals surface area (Å²) in [5, 5.41) is 2.68. The second-order valence-electron chi connectivity index (χ2n) is 8.13. The molecule has 2 heterocycles. The summed E-state index contributed by atoms with van der Waals surface area (Å²) in [7, 11) is -3.67. The number of nitrogens with one attached hydrogen (secondary N) is 1. The van der Waals surface area contributed by atoms with Gasteiger partial charge >= 0.3 is 0 Å². The highest BCUT2D eigenvalue weighted by atomic mass is 32.2. The smallest absolute Gasteiger partial charge is 0.255 e. The largest absolute Gasteiger partial charge is 0.370 e. The highest BCUT2D eigenvalue weighted by Gasteiger charge is 2.26. The number of hydrogen-bond acceptors (Lipinski definition) is 4. The van der Waals surface area contributed by atoms with Crippen LogP contribution in [0.25, 0.3) is 0 Å². The summed E-state index contributed by atoms with van der Waals surface area (Å²) in [4.78, 5) is 15.1. The molecular weight excluding hydrogens is 417 g/mol. The minimum absolute atomic E-state index is 0.0929. The predicted molar refractivity (Wildman–Crippen MR) is 119 cm³/mol. The molecule has 0 spiro atoms. The van der Waals surface area contributed by atoms with E-state index < -0.39 is 21.7 Å². The van der Waals surface area contributed by atoms with Gasteiger partial charge in [0, 0.05) is 31.7 Å². The van der Waals surface area contributed by atoms with Crippen molar-refractivity contribution in [2.75, 3.05) is 36.4 Å². The Hall–Kier alpha value is -2.45. The molecule has 0 bridgehead atoms. The number of amides is 1. The summed E-state index contributed by atoms with van der Waals surface area (Å²) < 4.78 is 42.3. The van der Waals surface area contributed by atoms with Gasteiger partial charge in [-0.25, -0.2) is 12.8 Å². The number of nitrogens with zero attached hydrogens (tertiary/aromatic N) is 2. The molecule has 2 aliphatic heterocycles. The van der Waals surface area contributed by atoms with Crippen LogP contribution in [0.15, 0.2) is 47.4 Å². The van der Waals surface area contributed by atoms with Crippen LogP contribution in [0.5, 0.6) is 0 Å². The van der Waals surface area contributed by atoms with E-state index in [0.717, 1.165) is 51.6 Å². The van der Waals surface area contributed by atoms with Crippen molar-refractivity contribution < 1.29 is 17.6 Å². The number of sulfonamides is 1. The van der Waals surface area contributed by atoms with Gasteiger partial charge in [0.2, 0.25) is 10.0 Å². The Balaban J connectivity index is 1.58. The Morgan fingerprint density at radius 2 is 1.52 bits per heavy atom. The third-order valence-electron chi connectivity index (χ3n) is 5.98. The predicted octanol–water partition coefficient (Wildman–Crippen LogP) is 4.24. The fourth-order valence-corrected chi connectivity index (χ4v) is 5.84. The molecule has 0 aliphatic carbocycles. The Morgan fingerprint density at radius 1 is 0.871 bits per heavy atom. The zero-order valence-corrected chi connectivity index (χ0v) is 18.3. The zero-order valence-electron chi connectivity index (χ0n) is 17.5. The van der Waals surface area contributed by atoms with Gasteiger partial charge in [-0.1, -0.05) is 25.0 Å². The molecule has 0 unspecified atom stereocenters. The molecule has 2 aromatic rings. The second kappa shape index (κ2) is 9.36. The lowest BCUT2D eigenvalue weighted by Crippen LogP contribution is -2.32. The van der Waals surface area contributed by atoms with Gasteiger partial charge in [-0.3, -0.25) is 4.79 Å². The molecular formula is C23H28FN3O3S. The van der Waals surface area contributed by atoms with Gasteiger partial charge in [-0.05, 0) is 56.0 Å². The van der Waals surface area contributed by atoms with Crippen LogP contribution in [0.4, 0.5) is 15.8 Å². The fourth-order valence-electron chi connectivity index (χ4n) is 4.27. The van der Waals surface area contributed by atoms with Crippen molar-refractivity contribution >= 4 is 27.3 Å². The van der Waals surface area contributed by atoms with Crippen molar-refractivity contribution in [1.82, 2.24) is 4.31 Å². The number of carbonyl (C=O) groups excluding carboxylic acids is 1. The minimum atomic E-state index is -3.67. The summed E-state index contributed by atoms with van der Waals surface area (Å²) in [5.74, 6) is -1.04. The Kier molecular flexibility index (Phi) is 6.57. The van der Waals surface area contributed by atoms with Crippen LogP contribution in [0.1, 0.15) is 48.9 Å². The van der Waals surface area contributed by atoms with E-state index in [9.17, 15) is 17.6 Å². The molecule has 4 rings (SSSR count). The number of halogens is 1. The van der Waals surface area contributed by atoms with E-state index in [-0.39, 0.29) is 16.1 Å². The molecule has 31 heavy (non-hydrogen) atoms. The summed E-state index contributed by atoms with van der Waals surface area (Å²) in [6.07, 6.45) is 5.78. The molecule has 6 nitrogen and oxygen atoms in total. The summed E-state index contributed by atoms with van der Waals surface area (Å²) >= 11 is 0. The molecule has 1 N–H and O–H groups in total. The molecule has 0 radical (unpaired) electrons. The van der Waals surface area contributed by atoms with Crippen molar-refractivity contribution in [2.45, 2.75) is 43.4 Å². The first-order valence-corrected chi connectivity index (χ1v) is 12.4. The summed E-state index contributed by atoms with van der Waals surface area (Å²) in [6, 6.07) is 10.7. The van der Waals surface area contributed by atoms with Crippen molar-refractivity contribution in [2.24, 2.45) is 0 Å². The van der Waals surface area contributed by atoms with Gasteiger partial charge in [0.05, 0.1) is 10.6 Å². The lowest BCUT2D eigenvalue weighted by molar-refractivity contribution is 0.102. The van der Waals surface area contributed by atoms with Gasteiger partial charge in [0.25, 0.3) is 5.91 Å². The van der Waals surface area contributed by atoms with Crippen LogP contribution < -0.4 is 10.2 Å². The standard InChI is InChI=1S/C23H28FN3O3S/c24-20-11-8-12-21(26-13-5-6-14-26)22(20)25-23(28)18-9-7-10-19(17-18)31(29,30)27-15-3-1-2-4-16-27/h7-12,17H,1-6,13-16H2,(H,25,28). The van der Waals surface area contributed by atoms with Crippen molar-refractivity contribution in [3.63, 3.8) is 0 Å². The average Bonchev–Trinajstić information content (AvgIpc) is 3.16. The number of carbonyl (C=O) groups is 1. The minimum Gasteiger partial charge on any atom is -0.370 e. The lowest BCUT2D eigenvalue weighted by atomic mass is 10.2. The van der Waals surface area contributed by atoms with Gasteiger partial charge < -0.3 is 10.2 Å². The highest BCUT2D eigenvalue weighted by Crippen LogP contribution is 2.32. The van der Waals surface area contributed by atoms with E-state index in [1.807, 2.05) is 0 Å². The first kappa shape index (κ1) is 21.8. The van der Waals surface area contributed by atoms with E-state index in [4.69, 9.17) is 0 Å². The first-order valence-electron chi connectivity index (χ1n) is 10.9. The fraction of sp³-hybridized carbons (Fsp3) is 0.435. The highest BCUT2D eigenvalue weighted by molar-refractivity contribution is 7.89. The van der Waals surface area contributed by atoms with Crippen molar-refractivity contribution in [3.05, 3.63) is 53.8 Å².